The van der Waals surface area contributed by atoms with Gasteiger partial charge in [0, 0.05) is 25.3 Å². The summed E-state index contributed by atoms with van der Waals surface area (Å²) >= 11 is 0. The van der Waals surface area contributed by atoms with Crippen molar-refractivity contribution in [3.05, 3.63) is 12.4 Å². The van der Waals surface area contributed by atoms with E-state index in [-0.39, 0.29) is 12.1 Å². The average molecular weight is 209 g/mol. The van der Waals surface area contributed by atoms with Crippen molar-refractivity contribution in [2.75, 3.05) is 18.4 Å². The lowest BCUT2D eigenvalue weighted by molar-refractivity contribution is 0.208. The van der Waals surface area contributed by atoms with Gasteiger partial charge in [-0.3, -0.25) is 5.10 Å². The molecule has 0 radical (unpaired) electrons. The average Bonchev–Trinajstić information content (AvgIpc) is 2.86. The van der Waals surface area contributed by atoms with E-state index >= 15 is 0 Å². The summed E-state index contributed by atoms with van der Waals surface area (Å²) in [5.41, 5.74) is 6.28. The van der Waals surface area contributed by atoms with Crippen molar-refractivity contribution in [3.8, 4) is 0 Å². The lowest BCUT2D eigenvalue weighted by Crippen LogP contribution is -2.42. The molecule has 0 spiro atoms. The number of amides is 2. The van der Waals surface area contributed by atoms with Crippen LogP contribution in [0.5, 0.6) is 0 Å². The molecule has 82 valence electrons. The van der Waals surface area contributed by atoms with Gasteiger partial charge >= 0.3 is 6.03 Å². The zero-order chi connectivity index (χ0) is 10.7. The standard InChI is InChI=1S/C9H15N5O/c10-4-8-2-1-3-14(8)9(15)13-7-5-11-12-6-7/h5-6,8H,1-4,10H2,(H,11,12)(H,13,15). The van der Waals surface area contributed by atoms with Gasteiger partial charge in [-0.15, -0.1) is 0 Å². The lowest BCUT2D eigenvalue weighted by Gasteiger charge is -2.23. The van der Waals surface area contributed by atoms with Crippen LogP contribution in [0.3, 0.4) is 0 Å². The molecule has 2 amide bonds. The minimum atomic E-state index is -0.0932. The van der Waals surface area contributed by atoms with Gasteiger partial charge in [0.25, 0.3) is 0 Å². The Morgan fingerprint density at radius 2 is 2.67 bits per heavy atom. The molecule has 2 heterocycles. The maximum absolute atomic E-state index is 11.8. The zero-order valence-corrected chi connectivity index (χ0v) is 8.44. The third-order valence-electron chi connectivity index (χ3n) is 2.66. The number of likely N-dealkylation sites (tertiary alicyclic amines) is 1. The number of carbonyl (C=O) groups is 1. The van der Waals surface area contributed by atoms with Crippen molar-refractivity contribution in [1.82, 2.24) is 15.1 Å². The first-order chi connectivity index (χ1) is 7.31. The number of rotatable bonds is 2. The molecule has 1 aliphatic heterocycles. The van der Waals surface area contributed by atoms with E-state index in [2.05, 4.69) is 15.5 Å². The molecule has 1 aliphatic rings. The summed E-state index contributed by atoms with van der Waals surface area (Å²) < 4.78 is 0. The fraction of sp³-hybridized carbons (Fsp3) is 0.556. The molecule has 0 aliphatic carbocycles. The monoisotopic (exact) mass is 209 g/mol. The highest BCUT2D eigenvalue weighted by molar-refractivity contribution is 5.89. The summed E-state index contributed by atoms with van der Waals surface area (Å²) in [6.07, 6.45) is 5.24. The fourth-order valence-electron chi connectivity index (χ4n) is 1.86. The van der Waals surface area contributed by atoms with E-state index in [1.54, 1.807) is 17.3 Å². The number of hydrogen-bond acceptors (Lipinski definition) is 3. The summed E-state index contributed by atoms with van der Waals surface area (Å²) in [5, 5.41) is 9.17. The Kier molecular flexibility index (Phi) is 2.86. The highest BCUT2D eigenvalue weighted by atomic mass is 16.2. The van der Waals surface area contributed by atoms with Crippen LogP contribution in [0.4, 0.5) is 10.5 Å². The first-order valence-corrected chi connectivity index (χ1v) is 5.07. The second kappa shape index (κ2) is 4.31. The molecule has 1 unspecified atom stereocenters. The Labute approximate surface area is 87.8 Å². The zero-order valence-electron chi connectivity index (χ0n) is 8.44. The van der Waals surface area contributed by atoms with E-state index in [4.69, 9.17) is 5.73 Å². The normalized spacial score (nSPS) is 20.6. The van der Waals surface area contributed by atoms with Gasteiger partial charge in [0.1, 0.15) is 0 Å². The van der Waals surface area contributed by atoms with Crippen LogP contribution in [0.2, 0.25) is 0 Å². The molecule has 0 saturated carbocycles. The van der Waals surface area contributed by atoms with Crippen molar-refractivity contribution in [2.24, 2.45) is 5.73 Å². The van der Waals surface area contributed by atoms with E-state index in [1.807, 2.05) is 0 Å². The molecule has 1 aromatic heterocycles. The van der Waals surface area contributed by atoms with E-state index in [0.29, 0.717) is 12.2 Å². The molecule has 2 rings (SSSR count). The highest BCUT2D eigenvalue weighted by Crippen LogP contribution is 2.17. The number of nitrogens with one attached hydrogen (secondary N) is 2. The van der Waals surface area contributed by atoms with Crippen LogP contribution in [-0.2, 0) is 0 Å². The number of anilines is 1. The maximum atomic E-state index is 11.8. The number of hydrogen-bond donors (Lipinski definition) is 3. The number of carbonyl (C=O) groups excluding carboxylic acids is 1. The molecule has 0 bridgehead atoms. The summed E-state index contributed by atoms with van der Waals surface area (Å²) in [6.45, 7) is 1.31. The Morgan fingerprint density at radius 1 is 1.80 bits per heavy atom. The van der Waals surface area contributed by atoms with Crippen molar-refractivity contribution >= 4 is 11.7 Å². The SMILES string of the molecule is NCC1CCCN1C(=O)Nc1cn[nH]c1. The smallest absolute Gasteiger partial charge is 0.322 e. The van der Waals surface area contributed by atoms with E-state index in [9.17, 15) is 4.79 Å². The van der Waals surface area contributed by atoms with Gasteiger partial charge in [0.15, 0.2) is 0 Å². The predicted molar refractivity (Wildman–Crippen MR) is 56.4 cm³/mol. The fourth-order valence-corrected chi connectivity index (χ4v) is 1.86. The van der Waals surface area contributed by atoms with E-state index < -0.39 is 0 Å². The minimum absolute atomic E-state index is 0.0932. The Balaban J connectivity index is 1.96. The number of nitrogens with two attached hydrogens (primary N) is 1. The summed E-state index contributed by atoms with van der Waals surface area (Å²) in [6, 6.07) is 0.0845. The largest absolute Gasteiger partial charge is 0.328 e. The number of urea groups is 1. The van der Waals surface area contributed by atoms with Gasteiger partial charge in [0.2, 0.25) is 0 Å². The molecule has 0 aromatic carbocycles. The number of nitrogens with zero attached hydrogens (tertiary/aromatic N) is 2. The molecule has 4 N–H and O–H groups in total. The van der Waals surface area contributed by atoms with Gasteiger partial charge in [-0.05, 0) is 12.8 Å². The third kappa shape index (κ3) is 2.10. The number of aromatic amines is 1. The molecule has 6 nitrogen and oxygen atoms in total. The number of H-pyrrole nitrogens is 1. The maximum Gasteiger partial charge on any atom is 0.322 e. The lowest BCUT2D eigenvalue weighted by atomic mass is 10.2. The highest BCUT2D eigenvalue weighted by Gasteiger charge is 2.27. The van der Waals surface area contributed by atoms with Gasteiger partial charge in [-0.2, -0.15) is 5.10 Å². The molecule has 1 aromatic rings. The Morgan fingerprint density at radius 3 is 3.33 bits per heavy atom. The van der Waals surface area contributed by atoms with Crippen LogP contribution >= 0.6 is 0 Å². The van der Waals surface area contributed by atoms with Gasteiger partial charge < -0.3 is 16.0 Å². The van der Waals surface area contributed by atoms with Crippen molar-refractivity contribution in [1.29, 1.82) is 0 Å². The third-order valence-corrected chi connectivity index (χ3v) is 2.66. The predicted octanol–water partition coefficient (Wildman–Crippen LogP) is 0.365. The summed E-state index contributed by atoms with van der Waals surface area (Å²) in [5.74, 6) is 0. The Bertz CT molecular complexity index is 323. The van der Waals surface area contributed by atoms with Crippen LogP contribution in [0.15, 0.2) is 12.4 Å². The summed E-state index contributed by atoms with van der Waals surface area (Å²) in [4.78, 5) is 13.6. The van der Waals surface area contributed by atoms with E-state index in [1.165, 1.54) is 0 Å². The van der Waals surface area contributed by atoms with E-state index in [0.717, 1.165) is 19.4 Å². The molecular weight excluding hydrogens is 194 g/mol. The summed E-state index contributed by atoms with van der Waals surface area (Å²) in [7, 11) is 0. The first-order valence-electron chi connectivity index (χ1n) is 5.07. The van der Waals surface area contributed by atoms with Crippen molar-refractivity contribution < 1.29 is 4.79 Å². The second-order valence-corrected chi connectivity index (χ2v) is 3.64. The molecule has 1 fully saturated rings. The minimum Gasteiger partial charge on any atom is -0.328 e. The molecular formula is C9H15N5O. The molecule has 6 heteroatoms. The number of aromatic nitrogens is 2. The van der Waals surface area contributed by atoms with Crippen LogP contribution < -0.4 is 11.1 Å². The van der Waals surface area contributed by atoms with Crippen LogP contribution in [-0.4, -0.2) is 40.3 Å². The van der Waals surface area contributed by atoms with Crippen molar-refractivity contribution in [3.63, 3.8) is 0 Å². The van der Waals surface area contributed by atoms with Crippen LogP contribution in [0.1, 0.15) is 12.8 Å². The van der Waals surface area contributed by atoms with Crippen LogP contribution in [0, 0.1) is 0 Å². The van der Waals surface area contributed by atoms with Crippen LogP contribution in [0.25, 0.3) is 0 Å². The van der Waals surface area contributed by atoms with Crippen molar-refractivity contribution in [2.45, 2.75) is 18.9 Å². The molecule has 1 atom stereocenters. The van der Waals surface area contributed by atoms with Gasteiger partial charge in [0.05, 0.1) is 11.9 Å². The van der Waals surface area contributed by atoms with Gasteiger partial charge in [-0.25, -0.2) is 4.79 Å². The quantitative estimate of drug-likeness (QED) is 0.657. The topological polar surface area (TPSA) is 87.0 Å². The second-order valence-electron chi connectivity index (χ2n) is 3.64. The molecule has 1 saturated heterocycles. The first kappa shape index (κ1) is 9.97. The molecule has 15 heavy (non-hydrogen) atoms. The van der Waals surface area contributed by atoms with Gasteiger partial charge in [-0.1, -0.05) is 0 Å². The Hall–Kier alpha value is -1.56.